The fourth-order valence-corrected chi connectivity index (χ4v) is 1.94. The third-order valence-corrected chi connectivity index (χ3v) is 3.41. The normalized spacial score (nSPS) is 11.4. The molecule has 6 nitrogen and oxygen atoms in total. The lowest BCUT2D eigenvalue weighted by Gasteiger charge is -2.21. The second-order valence-corrected chi connectivity index (χ2v) is 5.94. The van der Waals surface area contributed by atoms with Crippen LogP contribution in [0.4, 0.5) is 5.82 Å². The summed E-state index contributed by atoms with van der Waals surface area (Å²) in [7, 11) is 2.06. The average molecular weight is 288 g/mol. The Morgan fingerprint density at radius 2 is 1.71 bits per heavy atom. The van der Waals surface area contributed by atoms with E-state index in [1.807, 2.05) is 4.57 Å². The average Bonchev–Trinajstić information content (AvgIpc) is 2.97. The number of rotatable bonds is 6. The number of hydrogen-bond acceptors (Lipinski definition) is 5. The van der Waals surface area contributed by atoms with Gasteiger partial charge in [-0.15, -0.1) is 10.2 Å². The van der Waals surface area contributed by atoms with Crippen LogP contribution in [0, 0.1) is 0 Å². The molecule has 2 aromatic rings. The monoisotopic (exact) mass is 288 g/mol. The van der Waals surface area contributed by atoms with Gasteiger partial charge in [-0.3, -0.25) is 0 Å². The van der Waals surface area contributed by atoms with E-state index in [0.29, 0.717) is 11.8 Å². The SMILES string of the molecule is CC(C)c1cc(N(C)CCn2cnnc2)nc(C(C)C)n1. The van der Waals surface area contributed by atoms with E-state index in [0.717, 1.165) is 30.4 Å². The molecular weight excluding hydrogens is 264 g/mol. The van der Waals surface area contributed by atoms with Gasteiger partial charge in [0.2, 0.25) is 0 Å². The fraction of sp³-hybridized carbons (Fsp3) is 0.600. The molecule has 0 N–H and O–H groups in total. The molecule has 0 bridgehead atoms. The fourth-order valence-electron chi connectivity index (χ4n) is 1.94. The number of aromatic nitrogens is 5. The smallest absolute Gasteiger partial charge is 0.133 e. The first-order valence-corrected chi connectivity index (χ1v) is 7.39. The van der Waals surface area contributed by atoms with Crippen LogP contribution in [-0.2, 0) is 6.54 Å². The van der Waals surface area contributed by atoms with Crippen molar-refractivity contribution in [2.45, 2.75) is 46.1 Å². The molecule has 0 saturated heterocycles. The van der Waals surface area contributed by atoms with Gasteiger partial charge in [0.1, 0.15) is 24.3 Å². The van der Waals surface area contributed by atoms with E-state index in [1.54, 1.807) is 12.7 Å². The molecule has 0 radical (unpaired) electrons. The van der Waals surface area contributed by atoms with Crippen LogP contribution in [0.1, 0.15) is 51.0 Å². The maximum absolute atomic E-state index is 4.69. The zero-order chi connectivity index (χ0) is 15.4. The summed E-state index contributed by atoms with van der Waals surface area (Å²) in [5, 5.41) is 7.63. The zero-order valence-corrected chi connectivity index (χ0v) is 13.5. The van der Waals surface area contributed by atoms with Gasteiger partial charge in [0.05, 0.1) is 0 Å². The standard InChI is InChI=1S/C15H24N6/c1-11(2)13-8-14(19-15(18-13)12(3)4)20(5)6-7-21-9-16-17-10-21/h8-12H,6-7H2,1-5H3. The van der Waals surface area contributed by atoms with Crippen LogP contribution in [-0.4, -0.2) is 38.3 Å². The number of anilines is 1. The van der Waals surface area contributed by atoms with E-state index in [-0.39, 0.29) is 0 Å². The Labute approximate surface area is 126 Å². The summed E-state index contributed by atoms with van der Waals surface area (Å²) < 4.78 is 1.96. The molecule has 0 unspecified atom stereocenters. The molecule has 114 valence electrons. The highest BCUT2D eigenvalue weighted by Crippen LogP contribution is 2.21. The van der Waals surface area contributed by atoms with E-state index in [1.165, 1.54) is 0 Å². The first-order valence-electron chi connectivity index (χ1n) is 7.39. The highest BCUT2D eigenvalue weighted by molar-refractivity contribution is 5.40. The van der Waals surface area contributed by atoms with Gasteiger partial charge in [0, 0.05) is 37.8 Å². The minimum Gasteiger partial charge on any atom is -0.358 e. The van der Waals surface area contributed by atoms with Crippen LogP contribution in [0.15, 0.2) is 18.7 Å². The van der Waals surface area contributed by atoms with E-state index in [2.05, 4.69) is 65.9 Å². The van der Waals surface area contributed by atoms with Crippen molar-refractivity contribution in [3.05, 3.63) is 30.2 Å². The van der Waals surface area contributed by atoms with E-state index in [4.69, 9.17) is 0 Å². The van der Waals surface area contributed by atoms with Gasteiger partial charge in [0.25, 0.3) is 0 Å². The Balaban J connectivity index is 2.16. The summed E-state index contributed by atoms with van der Waals surface area (Å²) in [6.45, 7) is 10.3. The lowest BCUT2D eigenvalue weighted by atomic mass is 10.1. The Kier molecular flexibility index (Phi) is 4.88. The van der Waals surface area contributed by atoms with Crippen LogP contribution in [0.5, 0.6) is 0 Å². The first-order chi connectivity index (χ1) is 9.97. The maximum Gasteiger partial charge on any atom is 0.133 e. The van der Waals surface area contributed by atoms with Crippen LogP contribution in [0.3, 0.4) is 0 Å². The van der Waals surface area contributed by atoms with Gasteiger partial charge < -0.3 is 9.47 Å². The van der Waals surface area contributed by atoms with Crippen molar-refractivity contribution in [3.8, 4) is 0 Å². The quantitative estimate of drug-likeness (QED) is 0.817. The third-order valence-electron chi connectivity index (χ3n) is 3.41. The van der Waals surface area contributed by atoms with Gasteiger partial charge >= 0.3 is 0 Å². The molecule has 0 fully saturated rings. The van der Waals surface area contributed by atoms with Gasteiger partial charge in [-0.2, -0.15) is 0 Å². The molecule has 0 saturated carbocycles. The molecular formula is C15H24N6. The van der Waals surface area contributed by atoms with E-state index in [9.17, 15) is 0 Å². The van der Waals surface area contributed by atoms with Crippen molar-refractivity contribution in [1.82, 2.24) is 24.7 Å². The molecule has 0 aliphatic carbocycles. The highest BCUT2D eigenvalue weighted by atomic mass is 15.3. The molecule has 2 heterocycles. The summed E-state index contributed by atoms with van der Waals surface area (Å²) in [5.74, 6) is 2.61. The van der Waals surface area contributed by atoms with Gasteiger partial charge in [-0.25, -0.2) is 9.97 Å². The summed E-state index contributed by atoms with van der Waals surface area (Å²) in [5.41, 5.74) is 1.10. The Bertz CT molecular complexity index is 535. The van der Waals surface area contributed by atoms with Gasteiger partial charge in [0.15, 0.2) is 0 Å². The van der Waals surface area contributed by atoms with Crippen molar-refractivity contribution in [3.63, 3.8) is 0 Å². The maximum atomic E-state index is 4.69. The van der Waals surface area contributed by atoms with Gasteiger partial charge in [-0.05, 0) is 5.92 Å². The molecule has 0 aliphatic heterocycles. The topological polar surface area (TPSA) is 59.7 Å². The highest BCUT2D eigenvalue weighted by Gasteiger charge is 2.12. The lowest BCUT2D eigenvalue weighted by Crippen LogP contribution is -2.24. The molecule has 0 atom stereocenters. The predicted molar refractivity (Wildman–Crippen MR) is 83.5 cm³/mol. The molecule has 0 amide bonds. The first kappa shape index (κ1) is 15.4. The number of nitrogens with zero attached hydrogens (tertiary/aromatic N) is 6. The van der Waals surface area contributed by atoms with E-state index >= 15 is 0 Å². The summed E-state index contributed by atoms with van der Waals surface area (Å²) >= 11 is 0. The predicted octanol–water partition coefficient (Wildman–Crippen LogP) is 2.45. The second kappa shape index (κ2) is 6.65. The van der Waals surface area contributed by atoms with Crippen molar-refractivity contribution in [2.24, 2.45) is 0 Å². The summed E-state index contributed by atoms with van der Waals surface area (Å²) in [4.78, 5) is 11.5. The Morgan fingerprint density at radius 1 is 1.05 bits per heavy atom. The summed E-state index contributed by atoms with van der Waals surface area (Å²) in [6, 6.07) is 2.09. The van der Waals surface area contributed by atoms with Crippen LogP contribution >= 0.6 is 0 Å². The van der Waals surface area contributed by atoms with Crippen LogP contribution in [0.2, 0.25) is 0 Å². The molecule has 21 heavy (non-hydrogen) atoms. The van der Waals surface area contributed by atoms with E-state index < -0.39 is 0 Å². The number of hydrogen-bond donors (Lipinski definition) is 0. The van der Waals surface area contributed by atoms with Gasteiger partial charge in [-0.1, -0.05) is 27.7 Å². The zero-order valence-electron chi connectivity index (χ0n) is 13.5. The lowest BCUT2D eigenvalue weighted by molar-refractivity contribution is 0.668. The van der Waals surface area contributed by atoms with Crippen molar-refractivity contribution < 1.29 is 0 Å². The Hall–Kier alpha value is -1.98. The summed E-state index contributed by atoms with van der Waals surface area (Å²) in [6.07, 6.45) is 3.46. The molecule has 2 aromatic heterocycles. The second-order valence-electron chi connectivity index (χ2n) is 5.94. The van der Waals surface area contributed by atoms with Crippen molar-refractivity contribution in [1.29, 1.82) is 0 Å². The molecule has 2 rings (SSSR count). The Morgan fingerprint density at radius 3 is 2.29 bits per heavy atom. The molecule has 0 spiro atoms. The largest absolute Gasteiger partial charge is 0.358 e. The minimum absolute atomic E-state index is 0.327. The molecule has 0 aromatic carbocycles. The molecule has 6 heteroatoms. The van der Waals surface area contributed by atoms with Crippen LogP contribution in [0.25, 0.3) is 0 Å². The van der Waals surface area contributed by atoms with Crippen molar-refractivity contribution in [2.75, 3.05) is 18.5 Å². The van der Waals surface area contributed by atoms with Crippen molar-refractivity contribution >= 4 is 5.82 Å². The van der Waals surface area contributed by atoms with Crippen LogP contribution < -0.4 is 4.90 Å². The number of likely N-dealkylation sites (N-methyl/N-ethyl adjacent to an activating group) is 1. The third kappa shape index (κ3) is 4.00. The minimum atomic E-state index is 0.327. The molecule has 0 aliphatic rings.